The second-order valence-electron chi connectivity index (χ2n) is 4.28. The second-order valence-corrected chi connectivity index (χ2v) is 5.44. The molecule has 0 radical (unpaired) electrons. The topological polar surface area (TPSA) is 41.3 Å². The number of nitrogens with zero attached hydrogens (tertiary/aromatic N) is 1. The number of hydrogen-bond acceptors (Lipinski definition) is 3. The molecule has 94 valence electrons. The van der Waals surface area contributed by atoms with Crippen LogP contribution in [0.25, 0.3) is 0 Å². The summed E-state index contributed by atoms with van der Waals surface area (Å²) in [6.45, 7) is 0. The van der Waals surface area contributed by atoms with E-state index in [9.17, 15) is 0 Å². The maximum Gasteiger partial charge on any atom is 0.0622 e. The number of nitrogens with two attached hydrogens (primary N) is 1. The zero-order valence-electron chi connectivity index (χ0n) is 10.4. The highest BCUT2D eigenvalue weighted by molar-refractivity contribution is 14.1. The van der Waals surface area contributed by atoms with Crippen molar-refractivity contribution in [1.29, 1.82) is 0 Å². The normalized spacial score (nSPS) is 10.2. The van der Waals surface area contributed by atoms with Crippen molar-refractivity contribution in [1.82, 2.24) is 0 Å². The van der Waals surface area contributed by atoms with E-state index in [2.05, 4.69) is 44.9 Å². The molecular weight excluding hydrogens is 337 g/mol. The van der Waals surface area contributed by atoms with Gasteiger partial charge >= 0.3 is 0 Å². The van der Waals surface area contributed by atoms with Crippen molar-refractivity contribution < 1.29 is 0 Å². The molecule has 18 heavy (non-hydrogen) atoms. The fraction of sp³-hybridized carbons (Fsp3) is 0.143. The molecule has 0 aromatic heterocycles. The Hall–Kier alpha value is -1.43. The molecule has 0 saturated carbocycles. The Balaban J connectivity index is 2.34. The molecule has 3 N–H and O–H groups in total. The Morgan fingerprint density at radius 3 is 2.44 bits per heavy atom. The van der Waals surface area contributed by atoms with Gasteiger partial charge in [-0.2, -0.15) is 0 Å². The van der Waals surface area contributed by atoms with Crippen molar-refractivity contribution >= 4 is 45.3 Å². The van der Waals surface area contributed by atoms with Gasteiger partial charge < -0.3 is 16.0 Å². The molecule has 3 nitrogen and oxygen atoms in total. The first-order chi connectivity index (χ1) is 8.58. The Morgan fingerprint density at radius 1 is 1.06 bits per heavy atom. The van der Waals surface area contributed by atoms with Gasteiger partial charge in [-0.25, -0.2) is 0 Å². The molecule has 0 bridgehead atoms. The van der Waals surface area contributed by atoms with Crippen molar-refractivity contribution in [3.05, 3.63) is 46.0 Å². The van der Waals surface area contributed by atoms with Gasteiger partial charge in [-0.1, -0.05) is 12.1 Å². The highest BCUT2D eigenvalue weighted by Crippen LogP contribution is 2.30. The van der Waals surface area contributed by atoms with Gasteiger partial charge in [0.25, 0.3) is 0 Å². The summed E-state index contributed by atoms with van der Waals surface area (Å²) in [4.78, 5) is 2.09. The summed E-state index contributed by atoms with van der Waals surface area (Å²) < 4.78 is 1.11. The van der Waals surface area contributed by atoms with Crippen molar-refractivity contribution in [2.45, 2.75) is 0 Å². The van der Waals surface area contributed by atoms with Crippen LogP contribution in [0, 0.1) is 3.57 Å². The van der Waals surface area contributed by atoms with E-state index >= 15 is 0 Å². The fourth-order valence-electron chi connectivity index (χ4n) is 1.75. The highest BCUT2D eigenvalue weighted by atomic mass is 127. The van der Waals surface area contributed by atoms with Crippen molar-refractivity contribution in [2.24, 2.45) is 0 Å². The first kappa shape index (κ1) is 13.0. The number of anilines is 4. The quantitative estimate of drug-likeness (QED) is 0.653. The van der Waals surface area contributed by atoms with E-state index in [-0.39, 0.29) is 0 Å². The van der Waals surface area contributed by atoms with Crippen LogP contribution >= 0.6 is 22.6 Å². The van der Waals surface area contributed by atoms with Gasteiger partial charge in [0.1, 0.15) is 0 Å². The summed E-state index contributed by atoms with van der Waals surface area (Å²) in [5.41, 5.74) is 9.86. The Kier molecular flexibility index (Phi) is 3.96. The first-order valence-electron chi connectivity index (χ1n) is 5.66. The van der Waals surface area contributed by atoms with Crippen LogP contribution in [0.15, 0.2) is 42.5 Å². The lowest BCUT2D eigenvalue weighted by Crippen LogP contribution is -2.10. The highest BCUT2D eigenvalue weighted by Gasteiger charge is 2.06. The summed E-state index contributed by atoms with van der Waals surface area (Å²) in [5.74, 6) is 0. The van der Waals surface area contributed by atoms with Crippen LogP contribution in [-0.4, -0.2) is 14.1 Å². The molecule has 0 aliphatic carbocycles. The van der Waals surface area contributed by atoms with Crippen molar-refractivity contribution in [2.75, 3.05) is 30.0 Å². The van der Waals surface area contributed by atoms with Gasteiger partial charge in [-0.15, -0.1) is 0 Å². The molecule has 2 aromatic carbocycles. The number of rotatable bonds is 3. The van der Waals surface area contributed by atoms with Gasteiger partial charge in [0.05, 0.1) is 17.1 Å². The molecule has 4 heteroatoms. The van der Waals surface area contributed by atoms with E-state index in [1.807, 2.05) is 44.4 Å². The Bertz CT molecular complexity index is 552. The van der Waals surface area contributed by atoms with E-state index in [4.69, 9.17) is 5.73 Å². The molecular formula is C14H16IN3. The summed E-state index contributed by atoms with van der Waals surface area (Å²) in [7, 11) is 4.07. The molecule has 0 amide bonds. The molecule has 2 aromatic rings. The minimum atomic E-state index is 0.783. The Morgan fingerprint density at radius 2 is 1.78 bits per heavy atom. The van der Waals surface area contributed by atoms with Gasteiger partial charge in [0.2, 0.25) is 0 Å². The lowest BCUT2D eigenvalue weighted by Gasteiger charge is -2.19. The number of halogens is 1. The van der Waals surface area contributed by atoms with Crippen LogP contribution in [-0.2, 0) is 0 Å². The van der Waals surface area contributed by atoms with Gasteiger partial charge in [0, 0.05) is 23.4 Å². The third-order valence-corrected chi connectivity index (χ3v) is 3.54. The molecule has 0 fully saturated rings. The fourth-order valence-corrected chi connectivity index (χ4v) is 2.42. The third kappa shape index (κ3) is 2.87. The molecule has 0 heterocycles. The monoisotopic (exact) mass is 353 g/mol. The lowest BCUT2D eigenvalue weighted by atomic mass is 10.2. The minimum absolute atomic E-state index is 0.783. The van der Waals surface area contributed by atoms with Crippen molar-refractivity contribution in [3.63, 3.8) is 0 Å². The van der Waals surface area contributed by atoms with E-state index in [0.717, 1.165) is 26.3 Å². The van der Waals surface area contributed by atoms with E-state index in [1.165, 1.54) is 0 Å². The molecule has 0 unspecified atom stereocenters. The number of para-hydroxylation sites is 2. The van der Waals surface area contributed by atoms with Gasteiger partial charge in [-0.05, 0) is 52.9 Å². The molecule has 0 saturated heterocycles. The smallest absolute Gasteiger partial charge is 0.0622 e. The zero-order chi connectivity index (χ0) is 13.1. The van der Waals surface area contributed by atoms with E-state index in [0.29, 0.717) is 0 Å². The summed E-state index contributed by atoms with van der Waals surface area (Å²) in [6.07, 6.45) is 0. The summed E-state index contributed by atoms with van der Waals surface area (Å²) >= 11 is 2.29. The van der Waals surface area contributed by atoms with Crippen LogP contribution in [0.1, 0.15) is 0 Å². The van der Waals surface area contributed by atoms with Crippen LogP contribution in [0.5, 0.6) is 0 Å². The maximum absolute atomic E-state index is 5.76. The number of benzene rings is 2. The van der Waals surface area contributed by atoms with Crippen LogP contribution in [0.3, 0.4) is 0 Å². The van der Waals surface area contributed by atoms with E-state index in [1.54, 1.807) is 0 Å². The number of nitrogens with one attached hydrogen (secondary N) is 1. The summed E-state index contributed by atoms with van der Waals surface area (Å²) in [6, 6.07) is 14.1. The van der Waals surface area contributed by atoms with Crippen molar-refractivity contribution in [3.8, 4) is 0 Å². The lowest BCUT2D eigenvalue weighted by molar-refractivity contribution is 1.13. The SMILES string of the molecule is CN(C)c1ccccc1Nc1ccc(N)cc1I. The molecule has 2 rings (SSSR count). The maximum atomic E-state index is 5.76. The molecule has 0 spiro atoms. The van der Waals surface area contributed by atoms with Crippen LogP contribution < -0.4 is 16.0 Å². The average Bonchev–Trinajstić information content (AvgIpc) is 2.33. The summed E-state index contributed by atoms with van der Waals surface area (Å²) in [5, 5.41) is 3.44. The van der Waals surface area contributed by atoms with E-state index < -0.39 is 0 Å². The Labute approximate surface area is 121 Å². The zero-order valence-corrected chi connectivity index (χ0v) is 12.6. The molecule has 0 aliphatic heterocycles. The minimum Gasteiger partial charge on any atom is -0.399 e. The van der Waals surface area contributed by atoms with Crippen LogP contribution in [0.4, 0.5) is 22.7 Å². The van der Waals surface area contributed by atoms with Crippen LogP contribution in [0.2, 0.25) is 0 Å². The van der Waals surface area contributed by atoms with Gasteiger partial charge in [0.15, 0.2) is 0 Å². The number of nitrogen functional groups attached to an aromatic ring is 1. The molecule has 0 aliphatic rings. The standard InChI is InChI=1S/C14H16IN3/c1-18(2)14-6-4-3-5-13(14)17-12-8-7-10(16)9-11(12)15/h3-9,17H,16H2,1-2H3. The largest absolute Gasteiger partial charge is 0.399 e. The van der Waals surface area contributed by atoms with Gasteiger partial charge in [-0.3, -0.25) is 0 Å². The third-order valence-electron chi connectivity index (χ3n) is 2.65. The second kappa shape index (κ2) is 5.48. The first-order valence-corrected chi connectivity index (χ1v) is 6.74. The number of hydrogen-bond donors (Lipinski definition) is 2. The molecule has 0 atom stereocenters. The predicted molar refractivity (Wildman–Crippen MR) is 87.6 cm³/mol. The predicted octanol–water partition coefficient (Wildman–Crippen LogP) is 3.68. The average molecular weight is 353 g/mol.